The van der Waals surface area contributed by atoms with Crippen LogP contribution in [0.3, 0.4) is 0 Å². The molecule has 0 saturated heterocycles. The summed E-state index contributed by atoms with van der Waals surface area (Å²) in [4.78, 5) is 0. The highest BCUT2D eigenvalue weighted by Crippen LogP contribution is 2.30. The van der Waals surface area contributed by atoms with Crippen molar-refractivity contribution in [3.63, 3.8) is 0 Å². The second-order valence-electron chi connectivity index (χ2n) is 3.16. The van der Waals surface area contributed by atoms with E-state index in [1.54, 1.807) is 0 Å². The third-order valence-electron chi connectivity index (χ3n) is 2.28. The molecule has 1 aliphatic carbocycles. The van der Waals surface area contributed by atoms with Gasteiger partial charge in [0.05, 0.1) is 6.10 Å². The summed E-state index contributed by atoms with van der Waals surface area (Å²) in [7, 11) is 0. The Hall–Kier alpha value is -0.130. The van der Waals surface area contributed by atoms with Gasteiger partial charge in [0.2, 0.25) is 0 Å². The van der Waals surface area contributed by atoms with Crippen LogP contribution in [0.5, 0.6) is 0 Å². The zero-order chi connectivity index (χ0) is 8.72. The maximum Gasteiger partial charge on any atom is 0.0946 e. The molecule has 12 heavy (non-hydrogen) atoms. The number of halogens is 1. The van der Waals surface area contributed by atoms with Crippen LogP contribution in [0.4, 0.5) is 0 Å². The summed E-state index contributed by atoms with van der Waals surface area (Å²) >= 11 is 2.26. The summed E-state index contributed by atoms with van der Waals surface area (Å²) in [6.45, 7) is 0. The molecule has 0 spiro atoms. The van der Waals surface area contributed by atoms with E-state index in [0.717, 1.165) is 12.0 Å². The van der Waals surface area contributed by atoms with Crippen LogP contribution >= 0.6 is 22.6 Å². The van der Waals surface area contributed by atoms with Crippen molar-refractivity contribution in [1.29, 1.82) is 0 Å². The van der Waals surface area contributed by atoms with Gasteiger partial charge in [-0.05, 0) is 52.3 Å². The normalized spacial score (nSPS) is 27.2. The molecule has 3 heteroatoms. The smallest absolute Gasteiger partial charge is 0.0946 e. The molecule has 0 heterocycles. The predicted molar refractivity (Wildman–Crippen MR) is 55.8 cm³/mol. The van der Waals surface area contributed by atoms with E-state index in [1.807, 2.05) is 12.1 Å². The average molecular weight is 275 g/mol. The van der Waals surface area contributed by atoms with Crippen LogP contribution in [0.1, 0.15) is 17.2 Å². The minimum atomic E-state index is -0.461. The highest BCUT2D eigenvalue weighted by Gasteiger charge is 2.27. The summed E-state index contributed by atoms with van der Waals surface area (Å²) < 4.78 is 1.20. The molecular formula is C9H10INO. The van der Waals surface area contributed by atoms with Gasteiger partial charge in [-0.1, -0.05) is 6.07 Å². The second-order valence-corrected chi connectivity index (χ2v) is 4.40. The molecule has 1 aliphatic rings. The molecule has 0 bridgehead atoms. The van der Waals surface area contributed by atoms with Gasteiger partial charge in [-0.15, -0.1) is 0 Å². The van der Waals surface area contributed by atoms with E-state index < -0.39 is 6.10 Å². The van der Waals surface area contributed by atoms with E-state index in [2.05, 4.69) is 28.7 Å². The van der Waals surface area contributed by atoms with Crippen molar-refractivity contribution in [1.82, 2.24) is 0 Å². The summed E-state index contributed by atoms with van der Waals surface area (Å²) in [6, 6.07) is 5.94. The number of aliphatic hydroxyl groups is 1. The molecule has 0 saturated carbocycles. The number of hydrogen-bond donors (Lipinski definition) is 2. The van der Waals surface area contributed by atoms with E-state index in [4.69, 9.17) is 5.73 Å². The van der Waals surface area contributed by atoms with Crippen molar-refractivity contribution in [3.8, 4) is 0 Å². The number of hydrogen-bond acceptors (Lipinski definition) is 2. The highest BCUT2D eigenvalue weighted by atomic mass is 127. The minimum absolute atomic E-state index is 0.113. The van der Waals surface area contributed by atoms with E-state index in [-0.39, 0.29) is 6.04 Å². The molecule has 0 aromatic heterocycles. The van der Waals surface area contributed by atoms with Crippen molar-refractivity contribution >= 4 is 22.6 Å². The molecule has 1 aromatic carbocycles. The Morgan fingerprint density at radius 1 is 1.50 bits per heavy atom. The van der Waals surface area contributed by atoms with E-state index in [0.29, 0.717) is 0 Å². The van der Waals surface area contributed by atoms with Crippen molar-refractivity contribution in [3.05, 3.63) is 32.9 Å². The fourth-order valence-corrected chi connectivity index (χ4v) is 2.19. The van der Waals surface area contributed by atoms with Crippen LogP contribution in [0, 0.1) is 3.57 Å². The lowest BCUT2D eigenvalue weighted by atomic mass is 10.1. The molecule has 1 aromatic rings. The van der Waals surface area contributed by atoms with Crippen molar-refractivity contribution in [2.24, 2.45) is 5.73 Å². The van der Waals surface area contributed by atoms with Crippen LogP contribution in [-0.4, -0.2) is 11.1 Å². The Labute approximate surface area is 84.9 Å². The molecule has 2 atom stereocenters. The topological polar surface area (TPSA) is 46.2 Å². The van der Waals surface area contributed by atoms with Gasteiger partial charge in [-0.2, -0.15) is 0 Å². The number of fused-ring (bicyclic) bond motifs is 1. The number of benzene rings is 1. The molecule has 0 fully saturated rings. The van der Waals surface area contributed by atoms with Gasteiger partial charge < -0.3 is 10.8 Å². The van der Waals surface area contributed by atoms with Crippen molar-refractivity contribution in [2.45, 2.75) is 18.6 Å². The number of rotatable bonds is 0. The van der Waals surface area contributed by atoms with Gasteiger partial charge in [0, 0.05) is 9.61 Å². The van der Waals surface area contributed by atoms with Crippen LogP contribution in [0.25, 0.3) is 0 Å². The quantitative estimate of drug-likeness (QED) is 0.699. The van der Waals surface area contributed by atoms with Crippen molar-refractivity contribution < 1.29 is 5.11 Å². The fourth-order valence-electron chi connectivity index (χ4n) is 1.64. The van der Waals surface area contributed by atoms with Gasteiger partial charge in [0.15, 0.2) is 0 Å². The molecule has 0 radical (unpaired) electrons. The standard InChI is InChI=1S/C9H10INO/c10-6-1-2-7-5(3-6)4-8(11)9(7)12/h1-3,8-9,12H,4,11H2. The Bertz CT molecular complexity index is 313. The van der Waals surface area contributed by atoms with E-state index in [1.165, 1.54) is 9.13 Å². The van der Waals surface area contributed by atoms with Gasteiger partial charge in [0.25, 0.3) is 0 Å². The molecule has 2 rings (SSSR count). The highest BCUT2D eigenvalue weighted by molar-refractivity contribution is 14.1. The monoisotopic (exact) mass is 275 g/mol. The molecule has 64 valence electrons. The van der Waals surface area contributed by atoms with Crippen LogP contribution in [0.2, 0.25) is 0 Å². The Morgan fingerprint density at radius 3 is 3.00 bits per heavy atom. The SMILES string of the molecule is NC1Cc2cc(I)ccc2C1O. The molecule has 2 unspecified atom stereocenters. The lowest BCUT2D eigenvalue weighted by Crippen LogP contribution is -2.24. The van der Waals surface area contributed by atoms with Crippen LogP contribution in [-0.2, 0) is 6.42 Å². The fraction of sp³-hybridized carbons (Fsp3) is 0.333. The predicted octanol–water partition coefficient (Wildman–Crippen LogP) is 1.21. The summed E-state index contributed by atoms with van der Waals surface area (Å²) in [5.41, 5.74) is 7.93. The van der Waals surface area contributed by atoms with Crippen LogP contribution in [0.15, 0.2) is 18.2 Å². The lowest BCUT2D eigenvalue weighted by Gasteiger charge is -2.07. The molecule has 0 amide bonds. The van der Waals surface area contributed by atoms with E-state index >= 15 is 0 Å². The minimum Gasteiger partial charge on any atom is -0.387 e. The van der Waals surface area contributed by atoms with Gasteiger partial charge in [-0.25, -0.2) is 0 Å². The van der Waals surface area contributed by atoms with E-state index in [9.17, 15) is 5.11 Å². The molecule has 2 nitrogen and oxygen atoms in total. The zero-order valence-corrected chi connectivity index (χ0v) is 8.65. The molecular weight excluding hydrogens is 265 g/mol. The first-order valence-corrected chi connectivity index (χ1v) is 4.98. The summed E-state index contributed by atoms with van der Waals surface area (Å²) in [5.74, 6) is 0. The van der Waals surface area contributed by atoms with Crippen LogP contribution < -0.4 is 5.73 Å². The zero-order valence-electron chi connectivity index (χ0n) is 6.50. The van der Waals surface area contributed by atoms with Crippen molar-refractivity contribution in [2.75, 3.05) is 0 Å². The average Bonchev–Trinajstić information content (AvgIpc) is 2.28. The molecule has 3 N–H and O–H groups in total. The lowest BCUT2D eigenvalue weighted by molar-refractivity contribution is 0.159. The number of aliphatic hydroxyl groups excluding tert-OH is 1. The third-order valence-corrected chi connectivity index (χ3v) is 2.96. The summed E-state index contributed by atoms with van der Waals surface area (Å²) in [5, 5.41) is 9.61. The first-order valence-electron chi connectivity index (χ1n) is 3.90. The number of nitrogens with two attached hydrogens (primary N) is 1. The third kappa shape index (κ3) is 1.26. The molecule has 0 aliphatic heterocycles. The van der Waals surface area contributed by atoms with Gasteiger partial charge in [0.1, 0.15) is 0 Å². The Kier molecular flexibility index (Phi) is 2.10. The maximum absolute atomic E-state index is 9.61. The largest absolute Gasteiger partial charge is 0.387 e. The maximum atomic E-state index is 9.61. The summed E-state index contributed by atoms with van der Waals surface area (Å²) in [6.07, 6.45) is 0.338. The first kappa shape index (κ1) is 8.47. The second kappa shape index (κ2) is 2.97. The first-order chi connectivity index (χ1) is 5.68. The van der Waals surface area contributed by atoms with Gasteiger partial charge in [-0.3, -0.25) is 0 Å². The Balaban J connectivity index is 2.47. The van der Waals surface area contributed by atoms with Gasteiger partial charge >= 0.3 is 0 Å². The Morgan fingerprint density at radius 2 is 2.25 bits per heavy atom.